The highest BCUT2D eigenvalue weighted by Crippen LogP contribution is 2.10. The van der Waals surface area contributed by atoms with Crippen LogP contribution in [0.25, 0.3) is 0 Å². The van der Waals surface area contributed by atoms with Crippen LogP contribution in [-0.4, -0.2) is 39.8 Å². The third kappa shape index (κ3) is 6.39. The van der Waals surface area contributed by atoms with Gasteiger partial charge in [-0.25, -0.2) is 4.74 Å². The molecule has 0 radical (unpaired) electrons. The highest BCUT2D eigenvalue weighted by molar-refractivity contribution is 5.75. The second kappa shape index (κ2) is 8.08. The molecule has 0 amide bonds. The number of hydrogen-bond acceptors (Lipinski definition) is 3. The Hall–Kier alpha value is -1.68. The normalized spacial score (nSPS) is 14.2. The van der Waals surface area contributed by atoms with Crippen LogP contribution < -0.4 is 0 Å². The van der Waals surface area contributed by atoms with E-state index in [0.29, 0.717) is 13.0 Å². The summed E-state index contributed by atoms with van der Waals surface area (Å²) in [7, 11) is 0. The Morgan fingerprint density at radius 3 is 2.41 bits per heavy atom. The van der Waals surface area contributed by atoms with Gasteiger partial charge < -0.3 is 5.21 Å². The minimum atomic E-state index is -0.451. The van der Waals surface area contributed by atoms with Gasteiger partial charge in [0.1, 0.15) is 5.78 Å². The zero-order valence-corrected chi connectivity index (χ0v) is 14.4. The smallest absolute Gasteiger partial charge is 0.168 e. The lowest BCUT2D eigenvalue weighted by Gasteiger charge is -2.27. The molecule has 0 N–H and O–H groups in total. The molecule has 1 aromatic rings. The molecule has 122 valence electrons. The maximum absolute atomic E-state index is 12.1. The fraction of sp³-hybridized carbons (Fsp3) is 0.556. The summed E-state index contributed by atoms with van der Waals surface area (Å²) in [6.45, 7) is 10.6. The molecule has 4 heteroatoms. The third-order valence-corrected chi connectivity index (χ3v) is 3.57. The molecule has 1 aromatic carbocycles. The van der Waals surface area contributed by atoms with Gasteiger partial charge >= 0.3 is 0 Å². The molecule has 4 nitrogen and oxygen atoms in total. The first-order chi connectivity index (χ1) is 10.2. The van der Waals surface area contributed by atoms with Gasteiger partial charge in [-0.05, 0) is 19.4 Å². The second-order valence-electron chi connectivity index (χ2n) is 6.79. The van der Waals surface area contributed by atoms with Crippen molar-refractivity contribution in [3.63, 3.8) is 0 Å². The van der Waals surface area contributed by atoms with E-state index in [1.807, 2.05) is 45.9 Å². The molecule has 0 aliphatic rings. The van der Waals surface area contributed by atoms with E-state index in [0.717, 1.165) is 11.3 Å². The maximum atomic E-state index is 12.1. The number of Topliss-reactive ketones (excluding diaryl/α,β-unsaturated/α-hetero) is 1. The van der Waals surface area contributed by atoms with Crippen molar-refractivity contribution in [1.29, 1.82) is 0 Å². The van der Waals surface area contributed by atoms with E-state index in [-0.39, 0.29) is 11.8 Å². The van der Waals surface area contributed by atoms with Crippen LogP contribution in [0, 0.1) is 5.21 Å². The quantitative estimate of drug-likeness (QED) is 0.336. The Kier molecular flexibility index (Phi) is 6.75. The summed E-state index contributed by atoms with van der Waals surface area (Å²) in [5.74, 6) is 0.167. The van der Waals surface area contributed by atoms with Gasteiger partial charge in [0.2, 0.25) is 0 Å². The van der Waals surface area contributed by atoms with Gasteiger partial charge in [0.25, 0.3) is 0 Å². The number of hydroxylamine groups is 1. The molecule has 0 bridgehead atoms. The van der Waals surface area contributed by atoms with E-state index in [2.05, 4.69) is 17.0 Å². The molecule has 1 rings (SSSR count). The second-order valence-corrected chi connectivity index (χ2v) is 6.79. The van der Waals surface area contributed by atoms with E-state index in [1.54, 1.807) is 13.1 Å². The standard InChI is InChI=1S/C18H28N2O2/c1-15(13-20(22)18(3,4)5)19(12-11-16(2)21)14-17-9-7-6-8-10-17/h6-10,13,15H,11-12,14H2,1-5H3/b20-13-. The molecule has 0 aliphatic heterocycles. The minimum absolute atomic E-state index is 0.0312. The topological polar surface area (TPSA) is 46.4 Å². The predicted molar refractivity (Wildman–Crippen MR) is 91.1 cm³/mol. The number of benzene rings is 1. The van der Waals surface area contributed by atoms with E-state index < -0.39 is 5.54 Å². The van der Waals surface area contributed by atoms with Crippen LogP contribution in [0.5, 0.6) is 0 Å². The van der Waals surface area contributed by atoms with Gasteiger partial charge in [-0.1, -0.05) is 30.3 Å². The van der Waals surface area contributed by atoms with Crippen LogP contribution in [0.15, 0.2) is 30.3 Å². The van der Waals surface area contributed by atoms with Crippen LogP contribution in [0.4, 0.5) is 0 Å². The molecule has 0 aromatic heterocycles. The zero-order chi connectivity index (χ0) is 16.8. The van der Waals surface area contributed by atoms with E-state index >= 15 is 0 Å². The van der Waals surface area contributed by atoms with Crippen molar-refractivity contribution in [2.45, 2.75) is 59.2 Å². The average molecular weight is 304 g/mol. The number of rotatable bonds is 7. The summed E-state index contributed by atoms with van der Waals surface area (Å²) in [6.07, 6.45) is 2.20. The van der Waals surface area contributed by atoms with Gasteiger partial charge in [0, 0.05) is 40.3 Å². The van der Waals surface area contributed by atoms with Crippen molar-refractivity contribution in [1.82, 2.24) is 4.90 Å². The van der Waals surface area contributed by atoms with Crippen molar-refractivity contribution >= 4 is 12.0 Å². The summed E-state index contributed by atoms with van der Waals surface area (Å²) in [5, 5.41) is 12.1. The summed E-state index contributed by atoms with van der Waals surface area (Å²) in [4.78, 5) is 13.5. The minimum Gasteiger partial charge on any atom is -0.624 e. The summed E-state index contributed by atoms with van der Waals surface area (Å²) in [6, 6.07) is 10.1. The van der Waals surface area contributed by atoms with Crippen LogP contribution in [0.2, 0.25) is 0 Å². The summed E-state index contributed by atoms with van der Waals surface area (Å²) in [5.41, 5.74) is 0.729. The fourth-order valence-electron chi connectivity index (χ4n) is 2.06. The van der Waals surface area contributed by atoms with E-state index in [1.165, 1.54) is 5.56 Å². The first kappa shape index (κ1) is 18.4. The molecular weight excluding hydrogens is 276 g/mol. The average Bonchev–Trinajstić information content (AvgIpc) is 2.43. The first-order valence-electron chi connectivity index (χ1n) is 7.79. The van der Waals surface area contributed by atoms with Crippen molar-refractivity contribution < 1.29 is 9.53 Å². The molecule has 0 heterocycles. The van der Waals surface area contributed by atoms with Crippen LogP contribution in [-0.2, 0) is 11.3 Å². The number of ketones is 1. The summed E-state index contributed by atoms with van der Waals surface area (Å²) < 4.78 is 1.00. The van der Waals surface area contributed by atoms with Gasteiger partial charge in [-0.3, -0.25) is 9.69 Å². The van der Waals surface area contributed by atoms with E-state index in [9.17, 15) is 10.0 Å². The van der Waals surface area contributed by atoms with Gasteiger partial charge in [-0.2, -0.15) is 0 Å². The SMILES string of the molecule is CC(=O)CCN(Cc1ccccc1)C(C)/C=[N+](\[O-])C(C)(C)C. The Bertz CT molecular complexity index is 504. The first-order valence-corrected chi connectivity index (χ1v) is 7.79. The predicted octanol–water partition coefficient (Wildman–Crippen LogP) is 3.24. The number of nitrogens with zero attached hydrogens (tertiary/aromatic N) is 2. The Balaban J connectivity index is 2.87. The van der Waals surface area contributed by atoms with Crippen molar-refractivity contribution in [2.75, 3.05) is 6.54 Å². The van der Waals surface area contributed by atoms with Gasteiger partial charge in [0.15, 0.2) is 11.8 Å². The Morgan fingerprint density at radius 1 is 1.32 bits per heavy atom. The highest BCUT2D eigenvalue weighted by atomic mass is 16.5. The zero-order valence-electron chi connectivity index (χ0n) is 14.4. The fourth-order valence-corrected chi connectivity index (χ4v) is 2.06. The van der Waals surface area contributed by atoms with Gasteiger partial charge in [-0.15, -0.1) is 0 Å². The molecule has 0 spiro atoms. The number of carbonyl (C=O) groups is 1. The largest absolute Gasteiger partial charge is 0.624 e. The molecule has 0 saturated carbocycles. The maximum Gasteiger partial charge on any atom is 0.168 e. The van der Waals surface area contributed by atoms with Crippen molar-refractivity contribution in [3.8, 4) is 0 Å². The van der Waals surface area contributed by atoms with Crippen LogP contribution >= 0.6 is 0 Å². The monoisotopic (exact) mass is 304 g/mol. The number of carbonyl (C=O) groups excluding carboxylic acids is 1. The van der Waals surface area contributed by atoms with E-state index in [4.69, 9.17) is 0 Å². The number of hydrogen-bond donors (Lipinski definition) is 0. The Labute approximate surface area is 134 Å². The molecule has 0 aliphatic carbocycles. The lowest BCUT2D eigenvalue weighted by molar-refractivity contribution is -0.532. The Morgan fingerprint density at radius 2 is 1.91 bits per heavy atom. The van der Waals surface area contributed by atoms with Gasteiger partial charge in [0.05, 0.1) is 6.04 Å². The van der Waals surface area contributed by atoms with Crippen LogP contribution in [0.3, 0.4) is 0 Å². The molecule has 1 atom stereocenters. The van der Waals surface area contributed by atoms with Crippen molar-refractivity contribution in [3.05, 3.63) is 41.1 Å². The molecule has 0 fully saturated rings. The van der Waals surface area contributed by atoms with Crippen molar-refractivity contribution in [2.24, 2.45) is 0 Å². The molecule has 22 heavy (non-hydrogen) atoms. The third-order valence-electron chi connectivity index (χ3n) is 3.57. The lowest BCUT2D eigenvalue weighted by atomic mass is 10.1. The molecular formula is C18H28N2O2. The molecule has 1 unspecified atom stereocenters. The van der Waals surface area contributed by atoms with Crippen LogP contribution in [0.1, 0.15) is 46.6 Å². The summed E-state index contributed by atoms with van der Waals surface area (Å²) >= 11 is 0. The highest BCUT2D eigenvalue weighted by Gasteiger charge is 2.22. The molecule has 0 saturated heterocycles. The lowest BCUT2D eigenvalue weighted by Crippen LogP contribution is -2.40.